The highest BCUT2D eigenvalue weighted by atomic mass is 35.5. The SMILES string of the molecule is CCOC(=O)[C@H]1[C@H]2NC(=S)N(c3ccccc3C)[C@@]1(C)Oc1c(Cl)cc(Cl)cc12. The van der Waals surface area contributed by atoms with E-state index in [9.17, 15) is 4.79 Å². The molecule has 0 spiro atoms. The number of nitrogens with zero attached hydrogens (tertiary/aromatic N) is 1. The minimum Gasteiger partial charge on any atom is -0.466 e. The van der Waals surface area contributed by atoms with Gasteiger partial charge >= 0.3 is 5.97 Å². The third-order valence-electron chi connectivity index (χ3n) is 5.41. The Morgan fingerprint density at radius 1 is 1.34 bits per heavy atom. The molecule has 5 nitrogen and oxygen atoms in total. The van der Waals surface area contributed by atoms with Crippen LogP contribution in [0.3, 0.4) is 0 Å². The summed E-state index contributed by atoms with van der Waals surface area (Å²) in [6, 6.07) is 10.7. The third-order valence-corrected chi connectivity index (χ3v) is 6.21. The van der Waals surface area contributed by atoms with Crippen molar-refractivity contribution in [1.29, 1.82) is 0 Å². The molecule has 0 amide bonds. The highest BCUT2D eigenvalue weighted by Crippen LogP contribution is 2.52. The Hall–Kier alpha value is -2.02. The maximum absolute atomic E-state index is 13.1. The highest BCUT2D eigenvalue weighted by Gasteiger charge is 2.60. The van der Waals surface area contributed by atoms with E-state index in [0.717, 1.165) is 11.3 Å². The number of aryl methyl sites for hydroxylation is 1. The van der Waals surface area contributed by atoms with Crippen molar-refractivity contribution < 1.29 is 14.3 Å². The predicted molar refractivity (Wildman–Crippen MR) is 118 cm³/mol. The van der Waals surface area contributed by atoms with Crippen molar-refractivity contribution in [1.82, 2.24) is 5.32 Å². The number of para-hydroxylation sites is 1. The minimum atomic E-state index is -1.14. The van der Waals surface area contributed by atoms with E-state index in [1.54, 1.807) is 19.1 Å². The molecule has 2 bridgehead atoms. The van der Waals surface area contributed by atoms with Gasteiger partial charge in [0.25, 0.3) is 0 Å². The summed E-state index contributed by atoms with van der Waals surface area (Å²) in [7, 11) is 0. The number of nitrogens with one attached hydrogen (secondary N) is 1. The summed E-state index contributed by atoms with van der Waals surface area (Å²) in [6.07, 6.45) is 0. The number of esters is 1. The first-order valence-electron chi connectivity index (χ1n) is 9.29. The molecule has 8 heteroatoms. The molecule has 152 valence electrons. The van der Waals surface area contributed by atoms with Gasteiger partial charge in [-0.1, -0.05) is 41.4 Å². The molecule has 0 radical (unpaired) electrons. The number of thiocarbonyl (C=S) groups is 1. The van der Waals surface area contributed by atoms with Crippen molar-refractivity contribution in [2.24, 2.45) is 5.92 Å². The number of carbonyl (C=O) groups is 1. The quantitative estimate of drug-likeness (QED) is 0.522. The van der Waals surface area contributed by atoms with Gasteiger partial charge in [-0.3, -0.25) is 9.69 Å². The summed E-state index contributed by atoms with van der Waals surface area (Å²) < 4.78 is 11.9. The molecule has 0 unspecified atom stereocenters. The molecule has 1 fully saturated rings. The van der Waals surface area contributed by atoms with Crippen LogP contribution in [-0.2, 0) is 9.53 Å². The van der Waals surface area contributed by atoms with Crippen LogP contribution < -0.4 is 15.0 Å². The van der Waals surface area contributed by atoms with E-state index in [-0.39, 0.29) is 12.6 Å². The molecule has 1 saturated heterocycles. The molecule has 2 aliphatic rings. The molecular weight excluding hydrogens is 431 g/mol. The number of hydrogen-bond donors (Lipinski definition) is 1. The Morgan fingerprint density at radius 2 is 2.07 bits per heavy atom. The number of fused-ring (bicyclic) bond motifs is 4. The molecular formula is C21H20Cl2N2O3S. The van der Waals surface area contributed by atoms with Crippen LogP contribution in [0.4, 0.5) is 5.69 Å². The first kappa shape index (κ1) is 20.3. The van der Waals surface area contributed by atoms with Crippen molar-refractivity contribution in [2.45, 2.75) is 32.5 Å². The number of anilines is 1. The van der Waals surface area contributed by atoms with E-state index in [1.165, 1.54) is 0 Å². The molecule has 0 saturated carbocycles. The third kappa shape index (κ3) is 3.14. The summed E-state index contributed by atoms with van der Waals surface area (Å²) in [5, 5.41) is 4.60. The zero-order valence-corrected chi connectivity index (χ0v) is 18.5. The van der Waals surface area contributed by atoms with Crippen molar-refractivity contribution in [3.8, 4) is 5.75 Å². The van der Waals surface area contributed by atoms with E-state index in [1.807, 2.05) is 43.0 Å². The van der Waals surface area contributed by atoms with Gasteiger partial charge in [0.2, 0.25) is 5.72 Å². The largest absolute Gasteiger partial charge is 0.466 e. The maximum Gasteiger partial charge on any atom is 0.317 e. The maximum atomic E-state index is 13.1. The van der Waals surface area contributed by atoms with Gasteiger partial charge in [0.05, 0.1) is 17.7 Å². The molecule has 4 rings (SSSR count). The van der Waals surface area contributed by atoms with Crippen LogP contribution in [0, 0.1) is 12.8 Å². The molecule has 29 heavy (non-hydrogen) atoms. The van der Waals surface area contributed by atoms with Gasteiger partial charge in [-0.2, -0.15) is 0 Å². The van der Waals surface area contributed by atoms with E-state index >= 15 is 0 Å². The van der Waals surface area contributed by atoms with Gasteiger partial charge in [0, 0.05) is 16.3 Å². The zero-order valence-electron chi connectivity index (χ0n) is 16.2. The highest BCUT2D eigenvalue weighted by molar-refractivity contribution is 7.80. The van der Waals surface area contributed by atoms with Gasteiger partial charge in [-0.15, -0.1) is 0 Å². The van der Waals surface area contributed by atoms with Crippen molar-refractivity contribution in [3.63, 3.8) is 0 Å². The van der Waals surface area contributed by atoms with Gasteiger partial charge in [0.1, 0.15) is 11.7 Å². The van der Waals surface area contributed by atoms with E-state index in [0.29, 0.717) is 26.5 Å². The smallest absolute Gasteiger partial charge is 0.317 e. The minimum absolute atomic E-state index is 0.260. The van der Waals surface area contributed by atoms with E-state index in [4.69, 9.17) is 44.9 Å². The lowest BCUT2D eigenvalue weighted by atomic mass is 9.79. The summed E-state index contributed by atoms with van der Waals surface area (Å²) in [5.41, 5.74) is 1.38. The summed E-state index contributed by atoms with van der Waals surface area (Å²) >= 11 is 18.4. The van der Waals surface area contributed by atoms with Crippen LogP contribution in [0.2, 0.25) is 10.0 Å². The summed E-state index contributed by atoms with van der Waals surface area (Å²) in [5.74, 6) is -0.594. The Labute approximate surface area is 184 Å². The van der Waals surface area contributed by atoms with Crippen LogP contribution in [0.25, 0.3) is 0 Å². The lowest BCUT2D eigenvalue weighted by Crippen LogP contribution is -2.72. The van der Waals surface area contributed by atoms with Crippen molar-refractivity contribution in [2.75, 3.05) is 11.5 Å². The fourth-order valence-electron chi connectivity index (χ4n) is 4.17. The number of rotatable bonds is 3. The number of ether oxygens (including phenoxy) is 2. The lowest BCUT2D eigenvalue weighted by Gasteiger charge is -2.55. The molecule has 1 N–H and O–H groups in total. The molecule has 2 aromatic rings. The molecule has 0 aliphatic carbocycles. The average molecular weight is 451 g/mol. The first-order chi connectivity index (χ1) is 13.8. The fraction of sp³-hybridized carbons (Fsp3) is 0.333. The predicted octanol–water partition coefficient (Wildman–Crippen LogP) is 5.03. The number of halogens is 2. The van der Waals surface area contributed by atoms with Gasteiger partial charge < -0.3 is 14.8 Å². The molecule has 0 aromatic heterocycles. The Kier molecular flexibility index (Phi) is 5.13. The van der Waals surface area contributed by atoms with E-state index < -0.39 is 17.7 Å². The molecule has 2 heterocycles. The summed E-state index contributed by atoms with van der Waals surface area (Å²) in [4.78, 5) is 14.9. The first-order valence-corrected chi connectivity index (χ1v) is 10.4. The number of benzene rings is 2. The molecule has 2 aliphatic heterocycles. The second kappa shape index (κ2) is 7.35. The van der Waals surface area contributed by atoms with E-state index in [2.05, 4.69) is 5.32 Å². The average Bonchev–Trinajstić information content (AvgIpc) is 2.64. The monoisotopic (exact) mass is 450 g/mol. The second-order valence-corrected chi connectivity index (χ2v) is 8.47. The second-order valence-electron chi connectivity index (χ2n) is 7.24. The molecule has 2 aromatic carbocycles. The van der Waals surface area contributed by atoms with Gasteiger partial charge in [0.15, 0.2) is 5.11 Å². The van der Waals surface area contributed by atoms with Crippen LogP contribution in [-0.4, -0.2) is 23.4 Å². The Morgan fingerprint density at radius 3 is 2.76 bits per heavy atom. The van der Waals surface area contributed by atoms with Crippen LogP contribution in [0.1, 0.15) is 31.0 Å². The van der Waals surface area contributed by atoms with Gasteiger partial charge in [-0.05, 0) is 56.8 Å². The Bertz CT molecular complexity index is 1020. The normalized spacial score (nSPS) is 25.0. The number of hydrogen-bond acceptors (Lipinski definition) is 4. The van der Waals surface area contributed by atoms with Gasteiger partial charge in [-0.25, -0.2) is 0 Å². The standard InChI is InChI=1S/C21H20Cl2N2O3S/c1-4-27-19(26)16-17-13-9-12(22)10-14(23)18(13)28-21(16,3)25(20(29)24-17)15-8-6-5-7-11(15)2/h5-10,16-17H,4H2,1-3H3,(H,24,29)/t16-,17+,21+/m1/s1. The zero-order chi connectivity index (χ0) is 20.9. The topological polar surface area (TPSA) is 50.8 Å². The molecule has 3 atom stereocenters. The van der Waals surface area contributed by atoms with Crippen LogP contribution in [0.5, 0.6) is 5.75 Å². The lowest BCUT2D eigenvalue weighted by molar-refractivity contribution is -0.159. The number of carbonyl (C=O) groups excluding carboxylic acids is 1. The van der Waals surface area contributed by atoms with Crippen LogP contribution >= 0.6 is 35.4 Å². The van der Waals surface area contributed by atoms with Crippen molar-refractivity contribution in [3.05, 3.63) is 57.6 Å². The summed E-state index contributed by atoms with van der Waals surface area (Å²) in [6.45, 7) is 5.86. The van der Waals surface area contributed by atoms with Crippen molar-refractivity contribution >= 4 is 52.2 Å². The fourth-order valence-corrected chi connectivity index (χ4v) is 5.13. The Balaban J connectivity index is 1.95. The van der Waals surface area contributed by atoms with Crippen LogP contribution in [0.15, 0.2) is 36.4 Å².